The molecule has 20 nitrogen and oxygen atoms in total. The Labute approximate surface area is 315 Å². The molecule has 4 aliphatic heterocycles. The van der Waals surface area contributed by atoms with E-state index in [9.17, 15) is 60.0 Å². The smallest absolute Gasteiger partial charge is 0.339 e. The summed E-state index contributed by atoms with van der Waals surface area (Å²) in [5.41, 5.74) is -0.795. The Morgan fingerprint density at radius 3 is 1.40 bits per heavy atom. The van der Waals surface area contributed by atoms with Gasteiger partial charge in [0.2, 0.25) is 11.5 Å². The van der Waals surface area contributed by atoms with Gasteiger partial charge in [-0.1, -0.05) is 0 Å². The van der Waals surface area contributed by atoms with Crippen LogP contribution in [-0.4, -0.2) is 153 Å². The van der Waals surface area contributed by atoms with Gasteiger partial charge in [-0.2, -0.15) is 11.8 Å². The molecule has 300 valence electrons. The van der Waals surface area contributed by atoms with E-state index in [1.165, 1.54) is 26.0 Å². The Morgan fingerprint density at radius 1 is 0.655 bits per heavy atom. The summed E-state index contributed by atoms with van der Waals surface area (Å²) in [5, 5.41) is 84.4. The van der Waals surface area contributed by atoms with Crippen LogP contribution in [0.4, 0.5) is 0 Å². The van der Waals surface area contributed by atoms with E-state index in [0.29, 0.717) is 0 Å². The Hall–Kier alpha value is -4.77. The molecule has 55 heavy (non-hydrogen) atoms. The molecule has 0 saturated carbocycles. The van der Waals surface area contributed by atoms with Gasteiger partial charge in [0, 0.05) is 22.6 Å². The molecular weight excluding hydrogens is 760 g/mol. The molecule has 6 rings (SSSR count). The second kappa shape index (κ2) is 16.1. The van der Waals surface area contributed by atoms with Gasteiger partial charge in [0.25, 0.3) is 0 Å². The summed E-state index contributed by atoms with van der Waals surface area (Å²) < 4.78 is 42.5. The number of aliphatic hydroxyl groups is 4. The molecule has 4 aliphatic rings. The highest BCUT2D eigenvalue weighted by atomic mass is 32.2. The zero-order valence-corrected chi connectivity index (χ0v) is 29.9. The number of fused-ring (bicyclic) bond motifs is 6. The third-order valence-electron chi connectivity index (χ3n) is 9.54. The van der Waals surface area contributed by atoms with Gasteiger partial charge in [-0.15, -0.1) is 0 Å². The maximum atomic E-state index is 12.5. The van der Waals surface area contributed by atoms with E-state index < -0.39 is 121 Å². The van der Waals surface area contributed by atoms with Gasteiger partial charge >= 0.3 is 23.9 Å². The minimum absolute atomic E-state index is 0.126. The Kier molecular flexibility index (Phi) is 11.7. The van der Waals surface area contributed by atoms with Crippen LogP contribution < -0.4 is 9.47 Å². The van der Waals surface area contributed by atoms with E-state index in [1.807, 2.05) is 0 Å². The first-order valence-electron chi connectivity index (χ1n) is 16.8. The Bertz CT molecular complexity index is 1700. The van der Waals surface area contributed by atoms with Crippen LogP contribution in [0.25, 0.3) is 0 Å². The molecule has 0 bridgehead atoms. The third kappa shape index (κ3) is 7.47. The highest BCUT2D eigenvalue weighted by Crippen LogP contribution is 2.51. The predicted octanol–water partition coefficient (Wildman–Crippen LogP) is -0.772. The minimum Gasteiger partial charge on any atom is -0.504 e. The molecule has 0 radical (unpaired) electrons. The number of hydrogen-bond donors (Lipinski definition) is 8. The lowest BCUT2D eigenvalue weighted by atomic mass is 9.86. The fourth-order valence-corrected chi connectivity index (χ4v) is 7.61. The molecule has 0 aliphatic carbocycles. The van der Waals surface area contributed by atoms with Crippen LogP contribution in [0.1, 0.15) is 56.9 Å². The largest absolute Gasteiger partial charge is 0.504 e. The van der Waals surface area contributed by atoms with Gasteiger partial charge in [0.05, 0.1) is 38.2 Å². The first-order chi connectivity index (χ1) is 26.2. The van der Waals surface area contributed by atoms with Crippen molar-refractivity contribution in [2.45, 2.75) is 73.9 Å². The van der Waals surface area contributed by atoms with Crippen LogP contribution in [0.15, 0.2) is 12.1 Å². The number of benzene rings is 2. The summed E-state index contributed by atoms with van der Waals surface area (Å²) in [6.45, 7) is -1.04. The fraction of sp³-hybridized carbons (Fsp3) is 0.529. The maximum Gasteiger partial charge on any atom is 0.339 e. The third-order valence-corrected chi connectivity index (χ3v) is 10.5. The molecule has 2 fully saturated rings. The second-order valence-corrected chi connectivity index (χ2v) is 14.1. The number of rotatable bonds is 12. The molecule has 4 heterocycles. The van der Waals surface area contributed by atoms with E-state index in [4.69, 9.17) is 37.9 Å². The first kappa shape index (κ1) is 39.9. The number of thioether (sulfide) groups is 1. The van der Waals surface area contributed by atoms with E-state index in [-0.39, 0.29) is 58.1 Å². The number of phenolic OH excluding ortho intramolecular Hbond substituents is 4. The molecular formula is C34H38O20S. The number of ether oxygens (including phenoxy) is 8. The molecule has 8 N–H and O–H groups in total. The van der Waals surface area contributed by atoms with Crippen LogP contribution in [-0.2, 0) is 38.0 Å². The van der Waals surface area contributed by atoms with Gasteiger partial charge in [0.1, 0.15) is 62.0 Å². The molecule has 2 aromatic carbocycles. The van der Waals surface area contributed by atoms with Crippen LogP contribution in [0.3, 0.4) is 0 Å². The van der Waals surface area contributed by atoms with Crippen LogP contribution in [0, 0.1) is 0 Å². The molecule has 2 saturated heterocycles. The van der Waals surface area contributed by atoms with Crippen molar-refractivity contribution in [2.75, 3.05) is 38.9 Å². The number of aliphatic hydroxyl groups excluding tert-OH is 4. The zero-order chi connectivity index (χ0) is 39.9. The van der Waals surface area contributed by atoms with Crippen molar-refractivity contribution in [3.8, 4) is 34.5 Å². The van der Waals surface area contributed by atoms with E-state index in [0.717, 1.165) is 12.1 Å². The number of aromatic hydroxyl groups is 4. The number of carbonyl (C=O) groups is 4. The van der Waals surface area contributed by atoms with E-state index in [2.05, 4.69) is 0 Å². The van der Waals surface area contributed by atoms with Crippen LogP contribution in [0.5, 0.6) is 34.5 Å². The second-order valence-electron chi connectivity index (χ2n) is 12.8. The van der Waals surface area contributed by atoms with Crippen molar-refractivity contribution < 1.29 is 97.9 Å². The van der Waals surface area contributed by atoms with Gasteiger partial charge in [-0.25, -0.2) is 9.59 Å². The lowest BCUT2D eigenvalue weighted by Gasteiger charge is -2.44. The fourth-order valence-electron chi connectivity index (χ4n) is 6.78. The van der Waals surface area contributed by atoms with Gasteiger partial charge in [-0.05, 0) is 12.1 Å². The van der Waals surface area contributed by atoms with Crippen molar-refractivity contribution in [1.82, 2.24) is 0 Å². The molecule has 2 aromatic rings. The highest BCUT2D eigenvalue weighted by molar-refractivity contribution is 7.99. The van der Waals surface area contributed by atoms with Gasteiger partial charge in [0.15, 0.2) is 35.2 Å². The summed E-state index contributed by atoms with van der Waals surface area (Å²) in [7, 11) is 2.35. The quantitative estimate of drug-likeness (QED) is 0.0742. The maximum absolute atomic E-state index is 12.5. The molecule has 21 heteroatoms. The van der Waals surface area contributed by atoms with Crippen molar-refractivity contribution >= 4 is 35.6 Å². The van der Waals surface area contributed by atoms with E-state index >= 15 is 0 Å². The summed E-state index contributed by atoms with van der Waals surface area (Å²) >= 11 is 1.20. The highest BCUT2D eigenvalue weighted by Gasteiger charge is 2.54. The lowest BCUT2D eigenvalue weighted by Crippen LogP contribution is -2.58. The summed E-state index contributed by atoms with van der Waals surface area (Å²) in [4.78, 5) is 50.0. The van der Waals surface area contributed by atoms with Crippen molar-refractivity contribution in [1.29, 1.82) is 0 Å². The monoisotopic (exact) mass is 798 g/mol. The lowest BCUT2D eigenvalue weighted by molar-refractivity contribution is -0.237. The number of hydrogen-bond acceptors (Lipinski definition) is 21. The predicted molar refractivity (Wildman–Crippen MR) is 179 cm³/mol. The van der Waals surface area contributed by atoms with Gasteiger partial charge in [-0.3, -0.25) is 9.59 Å². The van der Waals surface area contributed by atoms with Crippen molar-refractivity contribution in [2.24, 2.45) is 0 Å². The number of methoxy groups -OCH3 is 2. The van der Waals surface area contributed by atoms with Crippen molar-refractivity contribution in [3.05, 3.63) is 34.4 Å². The molecule has 0 aromatic heterocycles. The minimum atomic E-state index is -1.69. The normalized spacial score (nSPS) is 29.3. The average Bonchev–Trinajstić information content (AvgIpc) is 3.14. The van der Waals surface area contributed by atoms with Gasteiger partial charge < -0.3 is 78.7 Å². The average molecular weight is 799 g/mol. The van der Waals surface area contributed by atoms with Crippen molar-refractivity contribution in [3.63, 3.8) is 0 Å². The number of esters is 4. The summed E-state index contributed by atoms with van der Waals surface area (Å²) in [6, 6.07) is 2.01. The zero-order valence-electron chi connectivity index (χ0n) is 29.1. The Balaban J connectivity index is 0.949. The van der Waals surface area contributed by atoms with E-state index in [1.54, 1.807) is 0 Å². The molecule has 0 amide bonds. The summed E-state index contributed by atoms with van der Waals surface area (Å²) in [5.74, 6) is -6.05. The summed E-state index contributed by atoms with van der Waals surface area (Å²) in [6.07, 6.45) is -15.1. The standard InChI is InChI=1S/C34H38O20S/c1-47-27-13(35)7-11-19(23(27)41)29-31(53-33(11)45)25(43)21(39)15(51-29)9-49-17(37)3-5-55-6-4-18(38)50-10-16-22(40)26(44)32-30(52-16)20-12(34(46)54-32)8-14(36)28(48-2)24(20)42/h7-8,15-16,21-22,25-26,29-32,35-36,39-44H,3-6,9-10H2,1-2H3. The SMILES string of the molecule is COc1c(O)cc2c(c1O)C1OC(COC(=O)CCSCCC(=O)OCC3OC4c5c(cc(O)c(OC)c5O)C(=O)OC4C(O)C3O)C(O)C(O)C1OC2=O. The molecule has 10 atom stereocenters. The number of phenols is 4. The topological polar surface area (TPSA) is 304 Å². The molecule has 0 spiro atoms. The molecule has 10 unspecified atom stereocenters. The first-order valence-corrected chi connectivity index (χ1v) is 17.9. The van der Waals surface area contributed by atoms with Crippen LogP contribution >= 0.6 is 11.8 Å². The van der Waals surface area contributed by atoms with Crippen LogP contribution in [0.2, 0.25) is 0 Å². The Morgan fingerprint density at radius 2 is 1.04 bits per heavy atom. The number of carbonyl (C=O) groups excluding carboxylic acids is 4.